The molecule has 25 heavy (non-hydrogen) atoms. The number of carbonyl (C=O) groups is 2. The minimum absolute atomic E-state index is 0.108. The highest BCUT2D eigenvalue weighted by atomic mass is 35.5. The van der Waals surface area contributed by atoms with Crippen LogP contribution in [0.15, 0.2) is 48.5 Å². The van der Waals surface area contributed by atoms with Crippen molar-refractivity contribution in [2.75, 3.05) is 5.32 Å². The van der Waals surface area contributed by atoms with Gasteiger partial charge in [0.15, 0.2) is 5.13 Å². The third-order valence-corrected chi connectivity index (χ3v) is 4.78. The Balaban J connectivity index is 1.72. The van der Waals surface area contributed by atoms with E-state index in [2.05, 4.69) is 15.6 Å². The number of hydrogen-bond donors (Lipinski definition) is 2. The fourth-order valence-corrected chi connectivity index (χ4v) is 3.48. The molecule has 0 bridgehead atoms. The molecule has 2 N–H and O–H groups in total. The molecular formula is C18H16ClN3O2S. The zero-order valence-corrected chi connectivity index (χ0v) is 15.0. The molecule has 0 aliphatic rings. The molecule has 0 fully saturated rings. The normalized spacial score (nSPS) is 11.9. The van der Waals surface area contributed by atoms with Crippen LogP contribution in [-0.2, 0) is 9.59 Å². The summed E-state index contributed by atoms with van der Waals surface area (Å²) in [6, 6.07) is 14.3. The first-order valence-electron chi connectivity index (χ1n) is 7.69. The van der Waals surface area contributed by atoms with Gasteiger partial charge in [-0.1, -0.05) is 47.2 Å². The monoisotopic (exact) mass is 373 g/mol. The molecule has 2 amide bonds. The van der Waals surface area contributed by atoms with E-state index in [1.165, 1.54) is 18.3 Å². The molecule has 1 atom stereocenters. The summed E-state index contributed by atoms with van der Waals surface area (Å²) in [7, 11) is 0. The van der Waals surface area contributed by atoms with Gasteiger partial charge in [0, 0.05) is 11.9 Å². The van der Waals surface area contributed by atoms with Gasteiger partial charge in [-0.05, 0) is 29.8 Å². The van der Waals surface area contributed by atoms with Crippen molar-refractivity contribution in [2.24, 2.45) is 0 Å². The molecule has 7 heteroatoms. The summed E-state index contributed by atoms with van der Waals surface area (Å²) in [6.07, 6.45) is 0.108. The van der Waals surface area contributed by atoms with Gasteiger partial charge in [-0.2, -0.15) is 0 Å². The van der Waals surface area contributed by atoms with E-state index in [1.807, 2.05) is 24.3 Å². The lowest BCUT2D eigenvalue weighted by Crippen LogP contribution is -2.29. The van der Waals surface area contributed by atoms with E-state index < -0.39 is 6.04 Å². The van der Waals surface area contributed by atoms with Crippen LogP contribution in [0.1, 0.15) is 24.9 Å². The molecule has 5 nitrogen and oxygen atoms in total. The number of amides is 2. The van der Waals surface area contributed by atoms with Crippen LogP contribution < -0.4 is 10.6 Å². The molecule has 1 heterocycles. The van der Waals surface area contributed by atoms with Gasteiger partial charge in [-0.3, -0.25) is 9.59 Å². The topological polar surface area (TPSA) is 71.1 Å². The van der Waals surface area contributed by atoms with Crippen molar-refractivity contribution >= 4 is 50.1 Å². The zero-order chi connectivity index (χ0) is 17.8. The smallest absolute Gasteiger partial charge is 0.228 e. The van der Waals surface area contributed by atoms with Crippen LogP contribution in [0.2, 0.25) is 5.02 Å². The Morgan fingerprint density at radius 2 is 1.88 bits per heavy atom. The predicted octanol–water partition coefficient (Wildman–Crippen LogP) is 4.16. The Hall–Kier alpha value is -2.44. The van der Waals surface area contributed by atoms with Crippen molar-refractivity contribution in [1.29, 1.82) is 0 Å². The van der Waals surface area contributed by atoms with Gasteiger partial charge in [0.2, 0.25) is 11.8 Å². The van der Waals surface area contributed by atoms with Crippen molar-refractivity contribution in [3.8, 4) is 0 Å². The summed E-state index contributed by atoms with van der Waals surface area (Å²) in [6.45, 7) is 1.42. The summed E-state index contributed by atoms with van der Waals surface area (Å²) < 4.78 is 1.01. The van der Waals surface area contributed by atoms with E-state index in [0.29, 0.717) is 10.2 Å². The molecule has 0 aliphatic carbocycles. The minimum Gasteiger partial charge on any atom is -0.349 e. The average molecular weight is 374 g/mol. The van der Waals surface area contributed by atoms with Gasteiger partial charge >= 0.3 is 0 Å². The van der Waals surface area contributed by atoms with E-state index in [-0.39, 0.29) is 18.2 Å². The summed E-state index contributed by atoms with van der Waals surface area (Å²) in [4.78, 5) is 28.3. The summed E-state index contributed by atoms with van der Waals surface area (Å²) in [5.74, 6) is -0.416. The first kappa shape index (κ1) is 17.4. The number of rotatable bonds is 5. The number of hydrogen-bond acceptors (Lipinski definition) is 4. The van der Waals surface area contributed by atoms with Crippen molar-refractivity contribution in [3.63, 3.8) is 0 Å². The molecule has 0 aliphatic heterocycles. The molecular weight excluding hydrogens is 358 g/mol. The average Bonchev–Trinajstić information content (AvgIpc) is 2.96. The van der Waals surface area contributed by atoms with Gasteiger partial charge in [0.05, 0.1) is 22.7 Å². The number of fused-ring (bicyclic) bond motifs is 1. The molecule has 0 spiro atoms. The number of thiazole rings is 1. The standard InChI is InChI=1S/C18H16ClN3O2S/c1-11(23)20-15(12-6-8-13(19)9-7-12)10-17(24)22-18-21-14-4-2-3-5-16(14)25-18/h2-9,15H,10H2,1H3,(H,20,23)(H,21,22,24). The van der Waals surface area contributed by atoms with Crippen LogP contribution in [0.4, 0.5) is 5.13 Å². The predicted molar refractivity (Wildman–Crippen MR) is 101 cm³/mol. The van der Waals surface area contributed by atoms with Crippen LogP contribution in [-0.4, -0.2) is 16.8 Å². The van der Waals surface area contributed by atoms with Gasteiger partial charge in [-0.25, -0.2) is 4.98 Å². The molecule has 0 saturated heterocycles. The summed E-state index contributed by atoms with van der Waals surface area (Å²) in [5.41, 5.74) is 1.66. The molecule has 2 aromatic carbocycles. The van der Waals surface area contributed by atoms with Crippen molar-refractivity contribution < 1.29 is 9.59 Å². The molecule has 3 rings (SSSR count). The van der Waals surface area contributed by atoms with Crippen LogP contribution >= 0.6 is 22.9 Å². The lowest BCUT2D eigenvalue weighted by molar-refractivity contribution is -0.120. The Labute approximate surface area is 154 Å². The maximum atomic E-state index is 12.4. The van der Waals surface area contributed by atoms with Crippen molar-refractivity contribution in [2.45, 2.75) is 19.4 Å². The number of nitrogens with one attached hydrogen (secondary N) is 2. The number of para-hydroxylation sites is 1. The summed E-state index contributed by atoms with van der Waals surface area (Å²) >= 11 is 7.32. The first-order chi connectivity index (χ1) is 12.0. The SMILES string of the molecule is CC(=O)NC(CC(=O)Nc1nc2ccccc2s1)c1ccc(Cl)cc1. The highest BCUT2D eigenvalue weighted by Crippen LogP contribution is 2.26. The van der Waals surface area contributed by atoms with E-state index >= 15 is 0 Å². The molecule has 1 aromatic heterocycles. The molecule has 1 unspecified atom stereocenters. The lowest BCUT2D eigenvalue weighted by Gasteiger charge is -2.17. The van der Waals surface area contributed by atoms with Crippen molar-refractivity contribution in [1.82, 2.24) is 10.3 Å². The fourth-order valence-electron chi connectivity index (χ4n) is 2.47. The largest absolute Gasteiger partial charge is 0.349 e. The van der Waals surface area contributed by atoms with Gasteiger partial charge < -0.3 is 10.6 Å². The number of carbonyl (C=O) groups excluding carboxylic acids is 2. The number of halogens is 1. The van der Waals surface area contributed by atoms with E-state index in [1.54, 1.807) is 24.3 Å². The highest BCUT2D eigenvalue weighted by molar-refractivity contribution is 7.22. The van der Waals surface area contributed by atoms with Crippen LogP contribution in [0.5, 0.6) is 0 Å². The lowest BCUT2D eigenvalue weighted by atomic mass is 10.0. The first-order valence-corrected chi connectivity index (χ1v) is 8.89. The fraction of sp³-hybridized carbons (Fsp3) is 0.167. The van der Waals surface area contributed by atoms with Crippen LogP contribution in [0, 0.1) is 0 Å². The number of anilines is 1. The van der Waals surface area contributed by atoms with Gasteiger partial charge in [-0.15, -0.1) is 0 Å². The van der Waals surface area contributed by atoms with Gasteiger partial charge in [0.1, 0.15) is 0 Å². The number of benzene rings is 2. The minimum atomic E-state index is -0.427. The van der Waals surface area contributed by atoms with E-state index in [9.17, 15) is 9.59 Å². The Morgan fingerprint density at radius 1 is 1.16 bits per heavy atom. The Kier molecular flexibility index (Phi) is 5.31. The highest BCUT2D eigenvalue weighted by Gasteiger charge is 2.18. The Morgan fingerprint density at radius 3 is 2.56 bits per heavy atom. The molecule has 128 valence electrons. The van der Waals surface area contributed by atoms with E-state index in [0.717, 1.165) is 15.8 Å². The third-order valence-electron chi connectivity index (χ3n) is 3.58. The van der Waals surface area contributed by atoms with E-state index in [4.69, 9.17) is 11.6 Å². The van der Waals surface area contributed by atoms with Crippen molar-refractivity contribution in [3.05, 3.63) is 59.1 Å². The zero-order valence-electron chi connectivity index (χ0n) is 13.5. The quantitative estimate of drug-likeness (QED) is 0.705. The maximum Gasteiger partial charge on any atom is 0.228 e. The molecule has 0 radical (unpaired) electrons. The second-order valence-corrected chi connectivity index (χ2v) is 7.01. The molecule has 3 aromatic rings. The Bertz CT molecular complexity index is 875. The maximum absolute atomic E-state index is 12.4. The summed E-state index contributed by atoms with van der Waals surface area (Å²) in [5, 5.41) is 6.75. The van der Waals surface area contributed by atoms with Crippen LogP contribution in [0.3, 0.4) is 0 Å². The molecule has 0 saturated carbocycles. The number of aromatic nitrogens is 1. The second kappa shape index (κ2) is 7.63. The van der Waals surface area contributed by atoms with Gasteiger partial charge in [0.25, 0.3) is 0 Å². The third kappa shape index (κ3) is 4.55. The second-order valence-electron chi connectivity index (χ2n) is 5.54. The number of nitrogens with zero attached hydrogens (tertiary/aromatic N) is 1. The van der Waals surface area contributed by atoms with Crippen LogP contribution in [0.25, 0.3) is 10.2 Å².